The summed E-state index contributed by atoms with van der Waals surface area (Å²) in [6.07, 6.45) is 0.688. The second kappa shape index (κ2) is 6.65. The molecule has 0 unspecified atom stereocenters. The first-order valence-electron chi connectivity index (χ1n) is 8.54. The molecule has 4 nitrogen and oxygen atoms in total. The van der Waals surface area contributed by atoms with Gasteiger partial charge in [-0.1, -0.05) is 42.5 Å². The monoisotopic (exact) mass is 322 g/mol. The SMILES string of the molecule is O=C1C[C@H]2CN(Cc3ccc(OCc4ccccc4)cc3)C[C@H]2N1. The van der Waals surface area contributed by atoms with Crippen LogP contribution in [0.3, 0.4) is 0 Å². The van der Waals surface area contributed by atoms with Gasteiger partial charge in [-0.2, -0.15) is 0 Å². The van der Waals surface area contributed by atoms with Gasteiger partial charge in [0, 0.05) is 38.0 Å². The van der Waals surface area contributed by atoms with Gasteiger partial charge in [-0.3, -0.25) is 9.69 Å². The van der Waals surface area contributed by atoms with E-state index >= 15 is 0 Å². The summed E-state index contributed by atoms with van der Waals surface area (Å²) >= 11 is 0. The van der Waals surface area contributed by atoms with Gasteiger partial charge >= 0.3 is 0 Å². The Labute approximate surface area is 142 Å². The second-order valence-electron chi connectivity index (χ2n) is 6.75. The quantitative estimate of drug-likeness (QED) is 0.920. The molecule has 2 atom stereocenters. The number of carbonyl (C=O) groups excluding carboxylic acids is 1. The van der Waals surface area contributed by atoms with Gasteiger partial charge in [-0.15, -0.1) is 0 Å². The lowest BCUT2D eigenvalue weighted by Gasteiger charge is -2.17. The molecular formula is C20H22N2O2. The number of hydrogen-bond acceptors (Lipinski definition) is 3. The van der Waals surface area contributed by atoms with E-state index in [0.717, 1.165) is 25.4 Å². The maximum atomic E-state index is 11.4. The van der Waals surface area contributed by atoms with Crippen molar-refractivity contribution in [3.05, 3.63) is 65.7 Å². The smallest absolute Gasteiger partial charge is 0.220 e. The minimum absolute atomic E-state index is 0.213. The van der Waals surface area contributed by atoms with Gasteiger partial charge in [-0.05, 0) is 23.3 Å². The van der Waals surface area contributed by atoms with Crippen LogP contribution in [0.5, 0.6) is 5.75 Å². The van der Waals surface area contributed by atoms with Gasteiger partial charge in [0.05, 0.1) is 0 Å². The van der Waals surface area contributed by atoms with Gasteiger partial charge in [0.1, 0.15) is 12.4 Å². The third-order valence-electron chi connectivity index (χ3n) is 4.89. The number of amides is 1. The van der Waals surface area contributed by atoms with Crippen LogP contribution < -0.4 is 10.1 Å². The molecule has 2 aliphatic rings. The van der Waals surface area contributed by atoms with Crippen LogP contribution in [0.25, 0.3) is 0 Å². The summed E-state index contributed by atoms with van der Waals surface area (Å²) < 4.78 is 5.83. The highest BCUT2D eigenvalue weighted by atomic mass is 16.5. The molecule has 1 amide bonds. The lowest BCUT2D eigenvalue weighted by molar-refractivity contribution is -0.119. The number of hydrogen-bond donors (Lipinski definition) is 1. The number of fused-ring (bicyclic) bond motifs is 1. The summed E-state index contributed by atoms with van der Waals surface area (Å²) in [7, 11) is 0. The molecule has 124 valence electrons. The van der Waals surface area contributed by atoms with Crippen LogP contribution in [0.1, 0.15) is 17.5 Å². The number of rotatable bonds is 5. The molecule has 2 fully saturated rings. The molecule has 2 aliphatic heterocycles. The van der Waals surface area contributed by atoms with Crippen molar-refractivity contribution in [2.45, 2.75) is 25.6 Å². The predicted octanol–water partition coefficient (Wildman–Crippen LogP) is 2.59. The molecule has 4 heteroatoms. The highest BCUT2D eigenvalue weighted by Crippen LogP contribution is 2.26. The topological polar surface area (TPSA) is 41.6 Å². The average Bonchev–Trinajstić information content (AvgIpc) is 3.12. The molecule has 24 heavy (non-hydrogen) atoms. The predicted molar refractivity (Wildman–Crippen MR) is 92.5 cm³/mol. The van der Waals surface area contributed by atoms with Gasteiger partial charge in [0.2, 0.25) is 5.91 Å². The number of likely N-dealkylation sites (tertiary alicyclic amines) is 1. The molecule has 0 bridgehead atoms. The van der Waals surface area contributed by atoms with Crippen molar-refractivity contribution in [3.63, 3.8) is 0 Å². The Morgan fingerprint density at radius 3 is 2.54 bits per heavy atom. The fourth-order valence-electron chi connectivity index (χ4n) is 3.65. The summed E-state index contributed by atoms with van der Waals surface area (Å²) in [5.74, 6) is 1.60. The first-order chi connectivity index (χ1) is 11.8. The number of benzene rings is 2. The number of carbonyl (C=O) groups is 1. The molecule has 2 aromatic carbocycles. The Kier molecular flexibility index (Phi) is 4.22. The van der Waals surface area contributed by atoms with Crippen molar-refractivity contribution in [1.29, 1.82) is 0 Å². The zero-order valence-corrected chi connectivity index (χ0v) is 13.7. The van der Waals surface area contributed by atoms with Gasteiger partial charge in [-0.25, -0.2) is 0 Å². The van der Waals surface area contributed by atoms with E-state index in [4.69, 9.17) is 4.74 Å². The van der Waals surface area contributed by atoms with E-state index in [1.165, 1.54) is 11.1 Å². The molecule has 0 saturated carbocycles. The van der Waals surface area contributed by atoms with Crippen molar-refractivity contribution in [2.75, 3.05) is 13.1 Å². The molecular weight excluding hydrogens is 300 g/mol. The lowest BCUT2D eigenvalue weighted by Crippen LogP contribution is -2.32. The molecule has 1 N–H and O–H groups in total. The van der Waals surface area contributed by atoms with Crippen molar-refractivity contribution < 1.29 is 9.53 Å². The fourth-order valence-corrected chi connectivity index (χ4v) is 3.65. The summed E-state index contributed by atoms with van der Waals surface area (Å²) in [4.78, 5) is 13.8. The van der Waals surface area contributed by atoms with Crippen LogP contribution in [-0.4, -0.2) is 29.9 Å². The summed E-state index contributed by atoms with van der Waals surface area (Å²) in [6, 6.07) is 18.9. The average molecular weight is 322 g/mol. The van der Waals surface area contributed by atoms with Gasteiger partial charge in [0.25, 0.3) is 0 Å². The molecule has 0 spiro atoms. The first-order valence-corrected chi connectivity index (χ1v) is 8.54. The van der Waals surface area contributed by atoms with Crippen LogP contribution in [-0.2, 0) is 17.9 Å². The Hall–Kier alpha value is -2.33. The van der Waals surface area contributed by atoms with E-state index < -0.39 is 0 Å². The summed E-state index contributed by atoms with van der Waals surface area (Å²) in [6.45, 7) is 3.50. The minimum Gasteiger partial charge on any atom is -0.489 e. The van der Waals surface area contributed by atoms with E-state index in [2.05, 4.69) is 34.5 Å². The van der Waals surface area contributed by atoms with Gasteiger partial charge < -0.3 is 10.1 Å². The first kappa shape index (κ1) is 15.2. The van der Waals surface area contributed by atoms with Crippen LogP contribution in [0.2, 0.25) is 0 Å². The van der Waals surface area contributed by atoms with E-state index in [-0.39, 0.29) is 5.91 Å². The van der Waals surface area contributed by atoms with E-state index in [1.807, 2.05) is 30.3 Å². The minimum atomic E-state index is 0.213. The molecule has 2 heterocycles. The van der Waals surface area contributed by atoms with Crippen LogP contribution in [0, 0.1) is 5.92 Å². The standard InChI is InChI=1S/C20H22N2O2/c23-20-10-17-12-22(13-19(17)21-20)11-15-6-8-18(9-7-15)24-14-16-4-2-1-3-5-16/h1-9,17,19H,10-14H2,(H,21,23)/t17-,19+/m0/s1. The van der Waals surface area contributed by atoms with Crippen LogP contribution in [0.4, 0.5) is 0 Å². The molecule has 2 saturated heterocycles. The molecule has 4 rings (SSSR count). The third-order valence-corrected chi connectivity index (χ3v) is 4.89. The van der Waals surface area contributed by atoms with Crippen molar-refractivity contribution in [2.24, 2.45) is 5.92 Å². The molecule has 0 radical (unpaired) electrons. The molecule has 0 aromatic heterocycles. The van der Waals surface area contributed by atoms with E-state index in [0.29, 0.717) is 25.0 Å². The summed E-state index contributed by atoms with van der Waals surface area (Å²) in [5, 5.41) is 3.07. The maximum absolute atomic E-state index is 11.4. The Morgan fingerprint density at radius 1 is 1.00 bits per heavy atom. The number of nitrogens with one attached hydrogen (secondary N) is 1. The Balaban J connectivity index is 1.29. The molecule has 0 aliphatic carbocycles. The Morgan fingerprint density at radius 2 is 1.79 bits per heavy atom. The van der Waals surface area contributed by atoms with Crippen LogP contribution in [0.15, 0.2) is 54.6 Å². The van der Waals surface area contributed by atoms with Crippen LogP contribution >= 0.6 is 0 Å². The zero-order valence-electron chi connectivity index (χ0n) is 13.7. The van der Waals surface area contributed by atoms with Crippen molar-refractivity contribution in [1.82, 2.24) is 10.2 Å². The molecule has 2 aromatic rings. The highest BCUT2D eigenvalue weighted by Gasteiger charge is 2.39. The Bertz CT molecular complexity index is 683. The highest BCUT2D eigenvalue weighted by molar-refractivity contribution is 5.79. The maximum Gasteiger partial charge on any atom is 0.220 e. The second-order valence-corrected chi connectivity index (χ2v) is 6.75. The van der Waals surface area contributed by atoms with E-state index in [9.17, 15) is 4.79 Å². The van der Waals surface area contributed by atoms with Crippen molar-refractivity contribution >= 4 is 5.91 Å². The number of ether oxygens (including phenoxy) is 1. The zero-order chi connectivity index (χ0) is 16.4. The largest absolute Gasteiger partial charge is 0.489 e. The van der Waals surface area contributed by atoms with Gasteiger partial charge in [0.15, 0.2) is 0 Å². The van der Waals surface area contributed by atoms with Crippen molar-refractivity contribution in [3.8, 4) is 5.75 Å². The van der Waals surface area contributed by atoms with E-state index in [1.54, 1.807) is 0 Å². The lowest BCUT2D eigenvalue weighted by atomic mass is 10.1. The third kappa shape index (κ3) is 3.44. The number of nitrogens with zero attached hydrogens (tertiary/aromatic N) is 1. The fraction of sp³-hybridized carbons (Fsp3) is 0.350. The summed E-state index contributed by atoms with van der Waals surface area (Å²) in [5.41, 5.74) is 2.46. The normalized spacial score (nSPS) is 23.1.